The van der Waals surface area contributed by atoms with Crippen molar-refractivity contribution >= 4 is 5.91 Å². The van der Waals surface area contributed by atoms with Crippen LogP contribution in [-0.4, -0.2) is 17.6 Å². The summed E-state index contributed by atoms with van der Waals surface area (Å²) in [5.41, 5.74) is 1.28. The molecule has 1 atom stereocenters. The predicted molar refractivity (Wildman–Crippen MR) is 64.6 cm³/mol. The van der Waals surface area contributed by atoms with E-state index in [1.807, 2.05) is 13.0 Å². The summed E-state index contributed by atoms with van der Waals surface area (Å²) in [7, 11) is 0. The first-order chi connectivity index (χ1) is 7.54. The van der Waals surface area contributed by atoms with Crippen molar-refractivity contribution in [1.29, 1.82) is 0 Å². The highest BCUT2D eigenvalue weighted by Crippen LogP contribution is 2.18. The molecule has 0 heterocycles. The van der Waals surface area contributed by atoms with Crippen LogP contribution in [0.15, 0.2) is 18.2 Å². The van der Waals surface area contributed by atoms with Crippen molar-refractivity contribution in [2.75, 3.05) is 6.54 Å². The van der Waals surface area contributed by atoms with Crippen LogP contribution < -0.4 is 5.32 Å². The zero-order chi connectivity index (χ0) is 12.1. The van der Waals surface area contributed by atoms with E-state index < -0.39 is 0 Å². The third-order valence-electron chi connectivity index (χ3n) is 2.71. The summed E-state index contributed by atoms with van der Waals surface area (Å²) in [5.74, 6) is 0.288. The Morgan fingerprint density at radius 1 is 1.50 bits per heavy atom. The number of rotatable bonds is 4. The van der Waals surface area contributed by atoms with E-state index >= 15 is 0 Å². The van der Waals surface area contributed by atoms with Crippen LogP contribution in [-0.2, 0) is 0 Å². The van der Waals surface area contributed by atoms with Gasteiger partial charge in [0, 0.05) is 6.54 Å². The largest absolute Gasteiger partial charge is 0.507 e. The van der Waals surface area contributed by atoms with Gasteiger partial charge in [0.25, 0.3) is 5.91 Å². The summed E-state index contributed by atoms with van der Waals surface area (Å²) in [4.78, 5) is 11.7. The van der Waals surface area contributed by atoms with E-state index in [2.05, 4.69) is 19.2 Å². The van der Waals surface area contributed by atoms with Crippen LogP contribution in [0, 0.1) is 12.8 Å². The Hall–Kier alpha value is -1.51. The molecule has 1 amide bonds. The van der Waals surface area contributed by atoms with Gasteiger partial charge in [-0.15, -0.1) is 0 Å². The fraction of sp³-hybridized carbons (Fsp3) is 0.462. The molecule has 16 heavy (non-hydrogen) atoms. The Morgan fingerprint density at radius 2 is 2.19 bits per heavy atom. The van der Waals surface area contributed by atoms with Gasteiger partial charge < -0.3 is 10.4 Å². The van der Waals surface area contributed by atoms with Crippen LogP contribution in [0.4, 0.5) is 0 Å². The van der Waals surface area contributed by atoms with Gasteiger partial charge in [0.15, 0.2) is 0 Å². The summed E-state index contributed by atoms with van der Waals surface area (Å²) < 4.78 is 0. The van der Waals surface area contributed by atoms with Crippen LogP contribution in [0.1, 0.15) is 36.2 Å². The number of phenols is 1. The number of carbonyl (C=O) groups is 1. The van der Waals surface area contributed by atoms with E-state index in [9.17, 15) is 9.90 Å². The van der Waals surface area contributed by atoms with Gasteiger partial charge in [-0.25, -0.2) is 0 Å². The van der Waals surface area contributed by atoms with Crippen molar-refractivity contribution < 1.29 is 9.90 Å². The second-order valence-electron chi connectivity index (χ2n) is 4.24. The first-order valence-corrected chi connectivity index (χ1v) is 5.62. The summed E-state index contributed by atoms with van der Waals surface area (Å²) in [5, 5.41) is 12.4. The molecule has 88 valence electrons. The highest BCUT2D eigenvalue weighted by molar-refractivity contribution is 5.96. The van der Waals surface area contributed by atoms with Crippen LogP contribution in [0.5, 0.6) is 5.75 Å². The lowest BCUT2D eigenvalue weighted by molar-refractivity contribution is 0.0945. The van der Waals surface area contributed by atoms with E-state index in [1.165, 1.54) is 0 Å². The number of benzene rings is 1. The van der Waals surface area contributed by atoms with Crippen molar-refractivity contribution in [3.8, 4) is 5.75 Å². The smallest absolute Gasteiger partial charge is 0.255 e. The van der Waals surface area contributed by atoms with Crippen molar-refractivity contribution in [1.82, 2.24) is 5.32 Å². The molecule has 0 radical (unpaired) electrons. The highest BCUT2D eigenvalue weighted by atomic mass is 16.3. The SMILES string of the molecule is CCC(C)CNC(=O)c1ccc(C)cc1O. The topological polar surface area (TPSA) is 49.3 Å². The molecule has 0 aliphatic rings. The van der Waals surface area contributed by atoms with Gasteiger partial charge in [-0.05, 0) is 30.5 Å². The van der Waals surface area contributed by atoms with Crippen molar-refractivity contribution in [3.05, 3.63) is 29.3 Å². The molecular weight excluding hydrogens is 202 g/mol. The molecule has 0 saturated carbocycles. The number of phenolic OH excluding ortho intramolecular Hbond substituents is 1. The van der Waals surface area contributed by atoms with Gasteiger partial charge in [0.05, 0.1) is 5.56 Å². The normalized spacial score (nSPS) is 12.2. The molecule has 0 aliphatic carbocycles. The van der Waals surface area contributed by atoms with E-state index in [0.29, 0.717) is 18.0 Å². The highest BCUT2D eigenvalue weighted by Gasteiger charge is 2.11. The summed E-state index contributed by atoms with van der Waals surface area (Å²) in [6.45, 7) is 6.68. The Bertz CT molecular complexity index is 374. The number of hydrogen-bond donors (Lipinski definition) is 2. The third-order valence-corrected chi connectivity index (χ3v) is 2.71. The Kier molecular flexibility index (Phi) is 4.35. The van der Waals surface area contributed by atoms with Gasteiger partial charge in [-0.1, -0.05) is 26.3 Å². The maximum atomic E-state index is 11.7. The van der Waals surface area contributed by atoms with Gasteiger partial charge in [-0.2, -0.15) is 0 Å². The van der Waals surface area contributed by atoms with Gasteiger partial charge in [0.1, 0.15) is 5.75 Å². The summed E-state index contributed by atoms with van der Waals surface area (Å²) >= 11 is 0. The molecule has 0 bridgehead atoms. The molecule has 3 nitrogen and oxygen atoms in total. The molecule has 3 heteroatoms. The van der Waals surface area contributed by atoms with E-state index in [-0.39, 0.29) is 11.7 Å². The monoisotopic (exact) mass is 221 g/mol. The van der Waals surface area contributed by atoms with Crippen molar-refractivity contribution in [3.63, 3.8) is 0 Å². The number of amides is 1. The lowest BCUT2D eigenvalue weighted by atomic mass is 10.1. The lowest BCUT2D eigenvalue weighted by Gasteiger charge is -2.11. The average molecular weight is 221 g/mol. The van der Waals surface area contributed by atoms with Gasteiger partial charge in [-0.3, -0.25) is 4.79 Å². The number of carbonyl (C=O) groups excluding carboxylic acids is 1. The van der Waals surface area contributed by atoms with Gasteiger partial charge >= 0.3 is 0 Å². The standard InChI is InChI=1S/C13H19NO2/c1-4-9(2)8-14-13(16)11-6-5-10(3)7-12(11)15/h5-7,9,15H,4,8H2,1-3H3,(H,14,16). The van der Waals surface area contributed by atoms with E-state index in [1.54, 1.807) is 12.1 Å². The first-order valence-electron chi connectivity index (χ1n) is 5.62. The van der Waals surface area contributed by atoms with Crippen LogP contribution in [0.25, 0.3) is 0 Å². The fourth-order valence-corrected chi connectivity index (χ4v) is 1.34. The molecule has 1 unspecified atom stereocenters. The second-order valence-corrected chi connectivity index (χ2v) is 4.24. The minimum absolute atomic E-state index is 0.0432. The predicted octanol–water partition coefficient (Wildman–Crippen LogP) is 2.48. The quantitative estimate of drug-likeness (QED) is 0.820. The Morgan fingerprint density at radius 3 is 2.75 bits per heavy atom. The zero-order valence-electron chi connectivity index (χ0n) is 10.1. The summed E-state index contributed by atoms with van der Waals surface area (Å²) in [6.07, 6.45) is 1.03. The molecule has 0 fully saturated rings. The van der Waals surface area contributed by atoms with Crippen LogP contribution in [0.2, 0.25) is 0 Å². The molecule has 1 rings (SSSR count). The molecular formula is C13H19NO2. The van der Waals surface area contributed by atoms with E-state index in [0.717, 1.165) is 12.0 Å². The molecule has 0 aliphatic heterocycles. The minimum Gasteiger partial charge on any atom is -0.507 e. The van der Waals surface area contributed by atoms with Crippen LogP contribution >= 0.6 is 0 Å². The second kappa shape index (κ2) is 5.54. The first kappa shape index (κ1) is 12.6. The number of aryl methyl sites for hydroxylation is 1. The van der Waals surface area contributed by atoms with E-state index in [4.69, 9.17) is 0 Å². The van der Waals surface area contributed by atoms with Crippen molar-refractivity contribution in [2.24, 2.45) is 5.92 Å². The van der Waals surface area contributed by atoms with Crippen LogP contribution in [0.3, 0.4) is 0 Å². The van der Waals surface area contributed by atoms with Crippen molar-refractivity contribution in [2.45, 2.75) is 27.2 Å². The molecule has 2 N–H and O–H groups in total. The maximum Gasteiger partial charge on any atom is 0.255 e. The molecule has 1 aromatic carbocycles. The number of nitrogens with one attached hydrogen (secondary N) is 1. The lowest BCUT2D eigenvalue weighted by Crippen LogP contribution is -2.28. The third kappa shape index (κ3) is 3.26. The Balaban J connectivity index is 2.66. The Labute approximate surface area is 96.5 Å². The molecule has 0 aromatic heterocycles. The maximum absolute atomic E-state index is 11.7. The zero-order valence-corrected chi connectivity index (χ0v) is 10.1. The fourth-order valence-electron chi connectivity index (χ4n) is 1.34. The number of aromatic hydroxyl groups is 1. The molecule has 1 aromatic rings. The molecule has 0 spiro atoms. The van der Waals surface area contributed by atoms with Gasteiger partial charge in [0.2, 0.25) is 0 Å². The average Bonchev–Trinajstić information content (AvgIpc) is 2.25. The molecule has 0 saturated heterocycles. The summed E-state index contributed by atoms with van der Waals surface area (Å²) in [6, 6.07) is 5.06. The minimum atomic E-state index is -0.210. The number of hydrogen-bond acceptors (Lipinski definition) is 2.